The van der Waals surface area contributed by atoms with Gasteiger partial charge in [0.15, 0.2) is 0 Å². The van der Waals surface area contributed by atoms with E-state index >= 15 is 0 Å². The maximum Gasteiger partial charge on any atom is 0.248 e. The predicted molar refractivity (Wildman–Crippen MR) is 71.0 cm³/mol. The van der Waals surface area contributed by atoms with Crippen molar-refractivity contribution in [2.24, 2.45) is 0 Å². The molecule has 1 saturated heterocycles. The lowest BCUT2D eigenvalue weighted by molar-refractivity contribution is -0.152. The third-order valence-corrected chi connectivity index (χ3v) is 3.96. The van der Waals surface area contributed by atoms with Gasteiger partial charge in [-0.05, 0) is 38.7 Å². The van der Waals surface area contributed by atoms with Crippen molar-refractivity contribution in [3.05, 3.63) is 0 Å². The molecule has 4 nitrogen and oxygen atoms in total. The first-order valence-electron chi connectivity index (χ1n) is 6.11. The van der Waals surface area contributed by atoms with E-state index in [0.29, 0.717) is 6.54 Å². The van der Waals surface area contributed by atoms with Gasteiger partial charge in [-0.25, -0.2) is 0 Å². The zero-order valence-electron chi connectivity index (χ0n) is 11.1. The van der Waals surface area contributed by atoms with E-state index in [1.807, 2.05) is 11.8 Å². The highest BCUT2D eigenvalue weighted by atomic mass is 32.2. The first-order valence-corrected chi connectivity index (χ1v) is 7.26. The second-order valence-corrected chi connectivity index (χ2v) is 6.23. The minimum Gasteiger partial charge on any atom is -0.340 e. The highest BCUT2D eigenvalue weighted by Gasteiger charge is 2.42. The molecule has 1 aliphatic heterocycles. The summed E-state index contributed by atoms with van der Waals surface area (Å²) >= 11 is 1.86. The molecule has 0 aromatic heterocycles. The molecule has 0 aliphatic carbocycles. The average molecular weight is 258 g/mol. The Morgan fingerprint density at radius 2 is 2.06 bits per heavy atom. The fraction of sp³-hybridized carbons (Fsp3) is 0.833. The number of nitrogens with one attached hydrogen (secondary N) is 1. The first kappa shape index (κ1) is 14.4. The van der Waals surface area contributed by atoms with Gasteiger partial charge in [-0.3, -0.25) is 9.59 Å². The standard InChI is InChI=1S/C12H22N2O2S/c1-5-17-8-6-7-14-9(2)10(15)13-12(3,4)11(14)16/h9H,5-8H2,1-4H3,(H,13,15). The van der Waals surface area contributed by atoms with Gasteiger partial charge in [0.25, 0.3) is 0 Å². The van der Waals surface area contributed by atoms with E-state index < -0.39 is 5.54 Å². The molecule has 0 bridgehead atoms. The van der Waals surface area contributed by atoms with E-state index in [0.717, 1.165) is 17.9 Å². The zero-order valence-corrected chi connectivity index (χ0v) is 11.9. The van der Waals surface area contributed by atoms with Crippen LogP contribution in [0.5, 0.6) is 0 Å². The van der Waals surface area contributed by atoms with Gasteiger partial charge in [0.05, 0.1) is 0 Å². The summed E-state index contributed by atoms with van der Waals surface area (Å²) in [5.41, 5.74) is -0.762. The number of hydrogen-bond donors (Lipinski definition) is 1. The third-order valence-electron chi connectivity index (χ3n) is 2.97. The lowest BCUT2D eigenvalue weighted by Gasteiger charge is -2.41. The Kier molecular flexibility index (Phi) is 4.86. The molecule has 1 aliphatic rings. The smallest absolute Gasteiger partial charge is 0.248 e. The monoisotopic (exact) mass is 258 g/mol. The van der Waals surface area contributed by atoms with Crippen LogP contribution in [0.15, 0.2) is 0 Å². The van der Waals surface area contributed by atoms with Crippen LogP contribution in [0.1, 0.15) is 34.1 Å². The van der Waals surface area contributed by atoms with Crippen LogP contribution in [0.3, 0.4) is 0 Å². The Balaban J connectivity index is 2.60. The van der Waals surface area contributed by atoms with E-state index in [-0.39, 0.29) is 17.9 Å². The third kappa shape index (κ3) is 3.37. The molecule has 1 atom stereocenters. The molecule has 1 heterocycles. The molecular weight excluding hydrogens is 236 g/mol. The predicted octanol–water partition coefficient (Wildman–Crippen LogP) is 1.26. The lowest BCUT2D eigenvalue weighted by atomic mass is 9.97. The van der Waals surface area contributed by atoms with E-state index in [9.17, 15) is 9.59 Å². The first-order chi connectivity index (χ1) is 7.90. The second-order valence-electron chi connectivity index (χ2n) is 4.84. The van der Waals surface area contributed by atoms with E-state index in [4.69, 9.17) is 0 Å². The highest BCUT2D eigenvalue weighted by Crippen LogP contribution is 2.18. The molecule has 0 aromatic rings. The zero-order chi connectivity index (χ0) is 13.1. The van der Waals surface area contributed by atoms with Crippen molar-refractivity contribution >= 4 is 23.6 Å². The van der Waals surface area contributed by atoms with Gasteiger partial charge in [0, 0.05) is 6.54 Å². The van der Waals surface area contributed by atoms with E-state index in [1.165, 1.54) is 0 Å². The molecule has 5 heteroatoms. The Morgan fingerprint density at radius 1 is 1.41 bits per heavy atom. The van der Waals surface area contributed by atoms with Crippen LogP contribution < -0.4 is 5.32 Å². The number of carbonyl (C=O) groups excluding carboxylic acids is 2. The molecule has 0 radical (unpaired) electrons. The number of amides is 2. The van der Waals surface area contributed by atoms with Crippen LogP contribution in [0.2, 0.25) is 0 Å². The fourth-order valence-corrected chi connectivity index (χ4v) is 2.54. The van der Waals surface area contributed by atoms with Crippen LogP contribution in [0.4, 0.5) is 0 Å². The fourth-order valence-electron chi connectivity index (χ4n) is 1.92. The molecule has 1 rings (SSSR count). The summed E-state index contributed by atoms with van der Waals surface area (Å²) in [7, 11) is 0. The molecule has 0 spiro atoms. The quantitative estimate of drug-likeness (QED) is 0.755. The molecule has 2 amide bonds. The van der Waals surface area contributed by atoms with Crippen molar-refractivity contribution in [2.75, 3.05) is 18.1 Å². The average Bonchev–Trinajstić information content (AvgIpc) is 2.25. The second kappa shape index (κ2) is 5.76. The molecular formula is C12H22N2O2S. The summed E-state index contributed by atoms with van der Waals surface area (Å²) in [5, 5.41) is 2.75. The van der Waals surface area contributed by atoms with Gasteiger partial charge >= 0.3 is 0 Å². The SMILES string of the molecule is CCSCCCN1C(=O)C(C)(C)NC(=O)C1C. The molecule has 0 saturated carbocycles. The summed E-state index contributed by atoms with van der Waals surface area (Å²) < 4.78 is 0. The summed E-state index contributed by atoms with van der Waals surface area (Å²) in [4.78, 5) is 25.6. The lowest BCUT2D eigenvalue weighted by Crippen LogP contribution is -2.67. The van der Waals surface area contributed by atoms with Crippen molar-refractivity contribution in [3.63, 3.8) is 0 Å². The van der Waals surface area contributed by atoms with Crippen molar-refractivity contribution < 1.29 is 9.59 Å². The number of carbonyl (C=O) groups is 2. The highest BCUT2D eigenvalue weighted by molar-refractivity contribution is 7.99. The van der Waals surface area contributed by atoms with Gasteiger partial charge in [0.1, 0.15) is 11.6 Å². The van der Waals surface area contributed by atoms with E-state index in [1.54, 1.807) is 25.7 Å². The van der Waals surface area contributed by atoms with Gasteiger partial charge in [-0.1, -0.05) is 6.92 Å². The summed E-state index contributed by atoms with van der Waals surface area (Å²) in [6.07, 6.45) is 0.942. The van der Waals surface area contributed by atoms with Crippen molar-refractivity contribution in [1.29, 1.82) is 0 Å². The Bertz CT molecular complexity index is 305. The Morgan fingerprint density at radius 3 is 2.65 bits per heavy atom. The van der Waals surface area contributed by atoms with Crippen LogP contribution in [-0.4, -0.2) is 46.3 Å². The number of piperazine rings is 1. The number of nitrogens with zero attached hydrogens (tertiary/aromatic N) is 1. The van der Waals surface area contributed by atoms with Crippen LogP contribution in [-0.2, 0) is 9.59 Å². The van der Waals surface area contributed by atoms with Crippen LogP contribution >= 0.6 is 11.8 Å². The number of hydrogen-bond acceptors (Lipinski definition) is 3. The minimum absolute atomic E-state index is 0.0195. The maximum atomic E-state index is 12.2. The normalized spacial score (nSPS) is 23.8. The number of rotatable bonds is 5. The van der Waals surface area contributed by atoms with Gasteiger partial charge < -0.3 is 10.2 Å². The molecule has 1 unspecified atom stereocenters. The minimum atomic E-state index is -0.762. The van der Waals surface area contributed by atoms with Gasteiger partial charge in [0.2, 0.25) is 11.8 Å². The Labute approximate surface area is 108 Å². The van der Waals surface area contributed by atoms with Crippen molar-refractivity contribution in [3.8, 4) is 0 Å². The van der Waals surface area contributed by atoms with Gasteiger partial charge in [-0.15, -0.1) is 0 Å². The largest absolute Gasteiger partial charge is 0.340 e. The van der Waals surface area contributed by atoms with E-state index in [2.05, 4.69) is 12.2 Å². The summed E-state index contributed by atoms with van der Waals surface area (Å²) in [6.45, 7) is 8.09. The maximum absolute atomic E-state index is 12.2. The Hall–Kier alpha value is -0.710. The molecule has 1 fully saturated rings. The van der Waals surface area contributed by atoms with Crippen molar-refractivity contribution in [2.45, 2.75) is 45.7 Å². The molecule has 1 N–H and O–H groups in total. The summed E-state index contributed by atoms with van der Waals surface area (Å²) in [5.74, 6) is 2.09. The topological polar surface area (TPSA) is 49.4 Å². The van der Waals surface area contributed by atoms with Crippen LogP contribution in [0, 0.1) is 0 Å². The molecule has 0 aromatic carbocycles. The van der Waals surface area contributed by atoms with Gasteiger partial charge in [-0.2, -0.15) is 11.8 Å². The number of thioether (sulfide) groups is 1. The van der Waals surface area contributed by atoms with Crippen LogP contribution in [0.25, 0.3) is 0 Å². The molecule has 98 valence electrons. The van der Waals surface area contributed by atoms with Crippen molar-refractivity contribution in [1.82, 2.24) is 10.2 Å². The summed E-state index contributed by atoms with van der Waals surface area (Å²) in [6, 6.07) is -0.345. The molecule has 17 heavy (non-hydrogen) atoms.